The summed E-state index contributed by atoms with van der Waals surface area (Å²) in [7, 11) is 0. The molecule has 0 radical (unpaired) electrons. The molecule has 1 atom stereocenters. The molecule has 24 heavy (non-hydrogen) atoms. The fourth-order valence-electron chi connectivity index (χ4n) is 3.12. The zero-order valence-electron chi connectivity index (χ0n) is 13.1. The van der Waals surface area contributed by atoms with Crippen LogP contribution in [0.3, 0.4) is 0 Å². The molecule has 3 aromatic rings. The Hall–Kier alpha value is -2.67. The number of ether oxygens (including phenoxy) is 1. The van der Waals surface area contributed by atoms with Crippen LogP contribution in [0.4, 0.5) is 0 Å². The van der Waals surface area contributed by atoms with Gasteiger partial charge in [-0.1, -0.05) is 6.07 Å². The van der Waals surface area contributed by atoms with Crippen LogP contribution < -0.4 is 0 Å². The Morgan fingerprint density at radius 3 is 3.21 bits per heavy atom. The first-order valence-electron chi connectivity index (χ1n) is 7.97. The van der Waals surface area contributed by atoms with Crippen molar-refractivity contribution in [3.05, 3.63) is 48.3 Å². The maximum atomic E-state index is 12.5. The summed E-state index contributed by atoms with van der Waals surface area (Å²) in [4.78, 5) is 18.1. The van der Waals surface area contributed by atoms with Crippen LogP contribution in [0, 0.1) is 5.92 Å². The molecular weight excluding hydrogens is 308 g/mol. The van der Waals surface area contributed by atoms with Crippen LogP contribution in [0.25, 0.3) is 10.9 Å². The standard InChI is InChI=1S/C17H18N4O3/c22-17(16-8-18-11-24-16)21-3-4-23-10-13(9-21)5-12-1-2-15-14(6-12)7-19-20-15/h1-2,6-8,11,13H,3-5,9-10H2,(H,19,20)/t13-/m0/s1. The van der Waals surface area contributed by atoms with E-state index >= 15 is 0 Å². The van der Waals surface area contributed by atoms with Crippen molar-refractivity contribution in [2.75, 3.05) is 26.3 Å². The molecule has 1 amide bonds. The van der Waals surface area contributed by atoms with Crippen LogP contribution in [-0.2, 0) is 11.2 Å². The molecule has 1 fully saturated rings. The molecule has 4 rings (SSSR count). The number of hydrogen-bond donors (Lipinski definition) is 1. The Morgan fingerprint density at radius 1 is 1.38 bits per heavy atom. The fraction of sp³-hybridized carbons (Fsp3) is 0.353. The lowest BCUT2D eigenvalue weighted by atomic mass is 9.98. The first-order valence-corrected chi connectivity index (χ1v) is 7.97. The first-order chi connectivity index (χ1) is 11.8. The van der Waals surface area contributed by atoms with Crippen molar-refractivity contribution in [3.8, 4) is 0 Å². The van der Waals surface area contributed by atoms with E-state index in [2.05, 4.69) is 27.3 Å². The van der Waals surface area contributed by atoms with Gasteiger partial charge in [-0.25, -0.2) is 4.98 Å². The number of carbonyl (C=O) groups is 1. The molecule has 1 aromatic carbocycles. The monoisotopic (exact) mass is 326 g/mol. The van der Waals surface area contributed by atoms with Gasteiger partial charge in [0.1, 0.15) is 0 Å². The summed E-state index contributed by atoms with van der Waals surface area (Å²) in [6, 6.07) is 6.26. The van der Waals surface area contributed by atoms with E-state index in [0.29, 0.717) is 26.3 Å². The maximum Gasteiger partial charge on any atom is 0.291 e. The van der Waals surface area contributed by atoms with Gasteiger partial charge in [0, 0.05) is 24.4 Å². The zero-order chi connectivity index (χ0) is 16.4. The summed E-state index contributed by atoms with van der Waals surface area (Å²) in [5.74, 6) is 0.382. The van der Waals surface area contributed by atoms with Gasteiger partial charge in [-0.05, 0) is 24.1 Å². The number of fused-ring (bicyclic) bond motifs is 1. The minimum absolute atomic E-state index is 0.131. The molecule has 3 heterocycles. The van der Waals surface area contributed by atoms with Crippen molar-refractivity contribution < 1.29 is 13.9 Å². The Bertz CT molecular complexity index is 827. The van der Waals surface area contributed by atoms with Gasteiger partial charge in [0.05, 0.1) is 31.1 Å². The molecule has 0 unspecified atom stereocenters. The van der Waals surface area contributed by atoms with Gasteiger partial charge in [0.2, 0.25) is 5.76 Å². The van der Waals surface area contributed by atoms with Crippen molar-refractivity contribution in [2.45, 2.75) is 6.42 Å². The van der Waals surface area contributed by atoms with Gasteiger partial charge < -0.3 is 14.1 Å². The highest BCUT2D eigenvalue weighted by Crippen LogP contribution is 2.19. The second kappa shape index (κ2) is 6.45. The first kappa shape index (κ1) is 14.9. The van der Waals surface area contributed by atoms with E-state index in [-0.39, 0.29) is 17.6 Å². The molecular formula is C17H18N4O3. The van der Waals surface area contributed by atoms with Crippen LogP contribution in [0.1, 0.15) is 16.1 Å². The lowest BCUT2D eigenvalue weighted by molar-refractivity contribution is 0.0705. The number of nitrogens with one attached hydrogen (secondary N) is 1. The third-order valence-electron chi connectivity index (χ3n) is 4.30. The quantitative estimate of drug-likeness (QED) is 0.794. The third kappa shape index (κ3) is 3.03. The van der Waals surface area contributed by atoms with Crippen LogP contribution in [-0.4, -0.2) is 52.3 Å². The molecule has 0 bridgehead atoms. The summed E-state index contributed by atoms with van der Waals surface area (Å²) in [5, 5.41) is 8.10. The average molecular weight is 326 g/mol. The summed E-state index contributed by atoms with van der Waals surface area (Å²) < 4.78 is 10.8. The van der Waals surface area contributed by atoms with Crippen molar-refractivity contribution in [1.29, 1.82) is 0 Å². The van der Waals surface area contributed by atoms with Crippen molar-refractivity contribution in [2.24, 2.45) is 5.92 Å². The highest BCUT2D eigenvalue weighted by Gasteiger charge is 2.25. The second-order valence-electron chi connectivity index (χ2n) is 6.05. The van der Waals surface area contributed by atoms with E-state index < -0.39 is 0 Å². The largest absolute Gasteiger partial charge is 0.438 e. The summed E-state index contributed by atoms with van der Waals surface area (Å²) in [6.07, 6.45) is 5.40. The van der Waals surface area contributed by atoms with E-state index in [4.69, 9.17) is 9.15 Å². The average Bonchev–Trinajstić information content (AvgIpc) is 3.23. The summed E-state index contributed by atoms with van der Waals surface area (Å²) in [5.41, 5.74) is 2.24. The van der Waals surface area contributed by atoms with Gasteiger partial charge in [-0.3, -0.25) is 9.89 Å². The molecule has 1 aliphatic heterocycles. The number of nitrogens with zero attached hydrogens (tertiary/aromatic N) is 3. The molecule has 2 aromatic heterocycles. The van der Waals surface area contributed by atoms with Gasteiger partial charge in [-0.2, -0.15) is 5.10 Å². The molecule has 0 aliphatic carbocycles. The Morgan fingerprint density at radius 2 is 2.33 bits per heavy atom. The maximum absolute atomic E-state index is 12.5. The molecule has 124 valence electrons. The smallest absolute Gasteiger partial charge is 0.291 e. The molecule has 0 saturated carbocycles. The third-order valence-corrected chi connectivity index (χ3v) is 4.30. The predicted octanol–water partition coefficient (Wildman–Crippen LogP) is 1.88. The number of oxazole rings is 1. The van der Waals surface area contributed by atoms with Gasteiger partial charge in [-0.15, -0.1) is 0 Å². The van der Waals surface area contributed by atoms with Gasteiger partial charge in [0.15, 0.2) is 6.39 Å². The number of aromatic nitrogens is 3. The predicted molar refractivity (Wildman–Crippen MR) is 86.5 cm³/mol. The highest BCUT2D eigenvalue weighted by atomic mass is 16.5. The van der Waals surface area contributed by atoms with E-state index in [1.54, 1.807) is 4.90 Å². The van der Waals surface area contributed by atoms with Gasteiger partial charge >= 0.3 is 0 Å². The molecule has 1 aliphatic rings. The molecule has 1 N–H and O–H groups in total. The number of hydrogen-bond acceptors (Lipinski definition) is 5. The van der Waals surface area contributed by atoms with Crippen LogP contribution in [0.5, 0.6) is 0 Å². The highest BCUT2D eigenvalue weighted by molar-refractivity contribution is 5.91. The minimum Gasteiger partial charge on any atom is -0.438 e. The minimum atomic E-state index is -0.131. The number of benzene rings is 1. The van der Waals surface area contributed by atoms with Crippen LogP contribution in [0.15, 0.2) is 41.4 Å². The van der Waals surface area contributed by atoms with Crippen LogP contribution >= 0.6 is 0 Å². The van der Waals surface area contributed by atoms with E-state index in [9.17, 15) is 4.79 Å². The van der Waals surface area contributed by atoms with Crippen molar-refractivity contribution >= 4 is 16.8 Å². The Balaban J connectivity index is 1.48. The second-order valence-corrected chi connectivity index (χ2v) is 6.05. The van der Waals surface area contributed by atoms with E-state index in [0.717, 1.165) is 17.3 Å². The topological polar surface area (TPSA) is 84.3 Å². The number of H-pyrrole nitrogens is 1. The van der Waals surface area contributed by atoms with Crippen molar-refractivity contribution in [1.82, 2.24) is 20.1 Å². The van der Waals surface area contributed by atoms with E-state index in [1.807, 2.05) is 12.3 Å². The number of amides is 1. The summed E-state index contributed by atoms with van der Waals surface area (Å²) >= 11 is 0. The van der Waals surface area contributed by atoms with E-state index in [1.165, 1.54) is 18.2 Å². The summed E-state index contributed by atoms with van der Waals surface area (Å²) in [6.45, 7) is 2.39. The SMILES string of the molecule is O=C(c1cnco1)N1CCOC[C@@H](Cc2ccc3[nH]ncc3c2)C1. The normalized spacial score (nSPS) is 18.7. The zero-order valence-corrected chi connectivity index (χ0v) is 13.1. The molecule has 7 nitrogen and oxygen atoms in total. The number of aromatic amines is 1. The molecule has 1 saturated heterocycles. The van der Waals surface area contributed by atoms with Crippen molar-refractivity contribution in [3.63, 3.8) is 0 Å². The Kier molecular flexibility index (Phi) is 4.00. The lowest BCUT2D eigenvalue weighted by Gasteiger charge is -2.22. The molecule has 0 spiro atoms. The van der Waals surface area contributed by atoms with Gasteiger partial charge in [0.25, 0.3) is 5.91 Å². The molecule has 7 heteroatoms. The number of rotatable bonds is 3. The Labute approximate surface area is 138 Å². The number of carbonyl (C=O) groups excluding carboxylic acids is 1. The lowest BCUT2D eigenvalue weighted by Crippen LogP contribution is -2.36. The van der Waals surface area contributed by atoms with Crippen LogP contribution in [0.2, 0.25) is 0 Å². The fourth-order valence-corrected chi connectivity index (χ4v) is 3.12.